The fraction of sp³-hybridized carbons (Fsp3) is 0.242. The number of thiazole rings is 1. The average molecular weight is 569 g/mol. The molecule has 0 spiro atoms. The minimum atomic E-state index is -0.864. The maximum atomic E-state index is 13.6. The molecule has 3 aromatic carbocycles. The normalized spacial score (nSPS) is 15.3. The molecule has 5 rings (SSSR count). The molecule has 1 aromatic heterocycles. The molecule has 0 aliphatic carbocycles. The first-order valence-electron chi connectivity index (χ1n) is 13.8. The van der Waals surface area contributed by atoms with Crippen LogP contribution in [0.15, 0.2) is 90.2 Å². The van der Waals surface area contributed by atoms with Crippen LogP contribution < -0.4 is 14.4 Å². The Balaban J connectivity index is 1.52. The Labute approximate surface area is 243 Å². The molecule has 1 N–H and O–H groups in total. The molecule has 8 heteroatoms. The van der Waals surface area contributed by atoms with Crippen molar-refractivity contribution < 1.29 is 24.2 Å². The van der Waals surface area contributed by atoms with Crippen LogP contribution in [0.1, 0.15) is 50.3 Å². The quantitative estimate of drug-likeness (QED) is 0.141. The summed E-state index contributed by atoms with van der Waals surface area (Å²) in [5, 5.41) is 11.4. The average Bonchev–Trinajstić information content (AvgIpc) is 3.52. The van der Waals surface area contributed by atoms with E-state index in [4.69, 9.17) is 14.5 Å². The van der Waals surface area contributed by atoms with Crippen molar-refractivity contribution in [1.29, 1.82) is 0 Å². The van der Waals surface area contributed by atoms with Crippen LogP contribution in [-0.2, 0) is 9.59 Å². The third-order valence-corrected chi connectivity index (χ3v) is 7.80. The number of unbranched alkanes of at least 4 members (excludes halogenated alkanes) is 2. The highest BCUT2D eigenvalue weighted by Gasteiger charge is 2.45. The highest BCUT2D eigenvalue weighted by Crippen LogP contribution is 2.44. The van der Waals surface area contributed by atoms with Crippen molar-refractivity contribution in [2.45, 2.75) is 39.2 Å². The standard InChI is InChI=1S/C33H32N2O5S/c1-3-5-9-20-40-24-15-13-23(14-16-24)30-29(27(36)19-12-22-10-7-6-8-11-22)31(37)32(38)35(30)33-34-26-18-17-25(39-4-2)21-28(26)41-33/h6-8,10-19,21,30,37H,3-5,9,20H2,1-2H3. The minimum Gasteiger partial charge on any atom is -0.503 e. The monoisotopic (exact) mass is 568 g/mol. The molecule has 1 aliphatic rings. The number of amides is 1. The van der Waals surface area contributed by atoms with Gasteiger partial charge in [0.05, 0.1) is 35.0 Å². The number of hydrogen-bond acceptors (Lipinski definition) is 7. The molecular weight excluding hydrogens is 536 g/mol. The Morgan fingerprint density at radius 3 is 2.49 bits per heavy atom. The van der Waals surface area contributed by atoms with Crippen LogP contribution in [0.3, 0.4) is 0 Å². The first-order chi connectivity index (χ1) is 20.0. The fourth-order valence-electron chi connectivity index (χ4n) is 4.74. The number of aliphatic hydroxyl groups is 1. The molecule has 1 aliphatic heterocycles. The smallest absolute Gasteiger partial charge is 0.296 e. The van der Waals surface area contributed by atoms with E-state index in [1.165, 1.54) is 22.3 Å². The summed E-state index contributed by atoms with van der Waals surface area (Å²) in [6.45, 7) is 5.20. The van der Waals surface area contributed by atoms with Gasteiger partial charge in [0.1, 0.15) is 11.5 Å². The van der Waals surface area contributed by atoms with Crippen LogP contribution in [0.5, 0.6) is 11.5 Å². The van der Waals surface area contributed by atoms with Crippen LogP contribution in [0.25, 0.3) is 16.3 Å². The number of allylic oxidation sites excluding steroid dienone is 1. The lowest BCUT2D eigenvalue weighted by Crippen LogP contribution is -2.30. The molecule has 41 heavy (non-hydrogen) atoms. The molecule has 1 unspecified atom stereocenters. The summed E-state index contributed by atoms with van der Waals surface area (Å²) in [5.74, 6) is -0.291. The summed E-state index contributed by atoms with van der Waals surface area (Å²) in [5.41, 5.74) is 2.20. The number of rotatable bonds is 12. The summed E-state index contributed by atoms with van der Waals surface area (Å²) in [6.07, 6.45) is 6.24. The summed E-state index contributed by atoms with van der Waals surface area (Å²) in [6, 6.07) is 21.4. The molecular formula is C33H32N2O5S. The number of ether oxygens (including phenoxy) is 2. The molecule has 2 heterocycles. The number of carbonyl (C=O) groups is 2. The summed E-state index contributed by atoms with van der Waals surface area (Å²) < 4.78 is 12.3. The summed E-state index contributed by atoms with van der Waals surface area (Å²) in [7, 11) is 0. The molecule has 0 radical (unpaired) electrons. The molecule has 0 fully saturated rings. The molecule has 4 aromatic rings. The maximum Gasteiger partial charge on any atom is 0.296 e. The van der Waals surface area contributed by atoms with Gasteiger partial charge in [0.25, 0.3) is 5.91 Å². The molecule has 1 atom stereocenters. The second kappa shape index (κ2) is 12.8. The van der Waals surface area contributed by atoms with Gasteiger partial charge in [-0.25, -0.2) is 4.98 Å². The van der Waals surface area contributed by atoms with E-state index >= 15 is 0 Å². The number of hydrogen-bond donors (Lipinski definition) is 1. The van der Waals surface area contributed by atoms with E-state index in [0.717, 1.165) is 29.5 Å². The van der Waals surface area contributed by atoms with Gasteiger partial charge >= 0.3 is 0 Å². The number of carbonyl (C=O) groups excluding carboxylic acids is 2. The van der Waals surface area contributed by atoms with Gasteiger partial charge in [-0.3, -0.25) is 14.5 Å². The highest BCUT2D eigenvalue weighted by molar-refractivity contribution is 7.22. The van der Waals surface area contributed by atoms with Crippen molar-refractivity contribution in [2.75, 3.05) is 18.1 Å². The van der Waals surface area contributed by atoms with Crippen LogP contribution in [0.2, 0.25) is 0 Å². The SMILES string of the molecule is CCCCCOc1ccc(C2C(C(=O)C=Cc3ccccc3)=C(O)C(=O)N2c2nc3ccc(OCC)cc3s2)cc1. The van der Waals surface area contributed by atoms with E-state index in [1.807, 2.05) is 79.7 Å². The number of fused-ring (bicyclic) bond motifs is 1. The minimum absolute atomic E-state index is 0.00746. The molecule has 210 valence electrons. The zero-order valence-electron chi connectivity index (χ0n) is 23.1. The van der Waals surface area contributed by atoms with Crippen LogP contribution in [0.4, 0.5) is 5.13 Å². The topological polar surface area (TPSA) is 89.0 Å². The van der Waals surface area contributed by atoms with Gasteiger partial charge in [0.2, 0.25) is 0 Å². The Hall–Kier alpha value is -4.43. The molecule has 1 amide bonds. The number of anilines is 1. The van der Waals surface area contributed by atoms with E-state index in [9.17, 15) is 14.7 Å². The van der Waals surface area contributed by atoms with Crippen LogP contribution >= 0.6 is 11.3 Å². The molecule has 0 saturated carbocycles. The summed E-state index contributed by atoms with van der Waals surface area (Å²) >= 11 is 1.30. The van der Waals surface area contributed by atoms with E-state index in [0.29, 0.717) is 40.9 Å². The number of benzene rings is 3. The van der Waals surface area contributed by atoms with Crippen molar-refractivity contribution in [3.8, 4) is 11.5 Å². The number of nitrogens with zero attached hydrogens (tertiary/aromatic N) is 2. The van der Waals surface area contributed by atoms with Gasteiger partial charge in [-0.15, -0.1) is 0 Å². The Kier molecular flexibility index (Phi) is 8.79. The second-order valence-corrected chi connectivity index (χ2v) is 10.6. The lowest BCUT2D eigenvalue weighted by atomic mass is 9.95. The highest BCUT2D eigenvalue weighted by atomic mass is 32.1. The first-order valence-corrected chi connectivity index (χ1v) is 14.6. The number of ketones is 1. The predicted octanol–water partition coefficient (Wildman–Crippen LogP) is 7.45. The van der Waals surface area contributed by atoms with Gasteiger partial charge in [-0.05, 0) is 60.9 Å². The van der Waals surface area contributed by atoms with E-state index in [2.05, 4.69) is 6.92 Å². The predicted molar refractivity (Wildman–Crippen MR) is 163 cm³/mol. The third kappa shape index (κ3) is 6.18. The third-order valence-electron chi connectivity index (χ3n) is 6.78. The fourth-order valence-corrected chi connectivity index (χ4v) is 5.76. The lowest BCUT2D eigenvalue weighted by Gasteiger charge is -2.24. The van der Waals surface area contributed by atoms with Crippen molar-refractivity contribution in [1.82, 2.24) is 4.98 Å². The number of aromatic nitrogens is 1. The van der Waals surface area contributed by atoms with Crippen molar-refractivity contribution in [2.24, 2.45) is 0 Å². The number of aliphatic hydroxyl groups excluding tert-OH is 1. The van der Waals surface area contributed by atoms with Crippen molar-refractivity contribution in [3.05, 3.63) is 101 Å². The van der Waals surface area contributed by atoms with Crippen LogP contribution in [0, 0.1) is 0 Å². The van der Waals surface area contributed by atoms with Gasteiger partial charge in [0.15, 0.2) is 16.7 Å². The largest absolute Gasteiger partial charge is 0.503 e. The van der Waals surface area contributed by atoms with E-state index in [1.54, 1.807) is 6.08 Å². The zero-order chi connectivity index (χ0) is 28.8. The Bertz CT molecular complexity index is 1590. The molecule has 0 saturated heterocycles. The van der Waals surface area contributed by atoms with Crippen LogP contribution in [-0.4, -0.2) is 35.0 Å². The lowest BCUT2D eigenvalue weighted by molar-refractivity contribution is -0.117. The summed E-state index contributed by atoms with van der Waals surface area (Å²) in [4.78, 5) is 33.2. The van der Waals surface area contributed by atoms with Gasteiger partial charge in [-0.1, -0.05) is 79.6 Å². The Morgan fingerprint density at radius 1 is 1.00 bits per heavy atom. The van der Waals surface area contributed by atoms with Gasteiger partial charge in [-0.2, -0.15) is 0 Å². The first kappa shape index (κ1) is 28.1. The van der Waals surface area contributed by atoms with Gasteiger partial charge in [0, 0.05) is 0 Å². The maximum absolute atomic E-state index is 13.6. The molecule has 0 bridgehead atoms. The molecule has 7 nitrogen and oxygen atoms in total. The van der Waals surface area contributed by atoms with Crippen molar-refractivity contribution in [3.63, 3.8) is 0 Å². The van der Waals surface area contributed by atoms with E-state index < -0.39 is 23.5 Å². The van der Waals surface area contributed by atoms with Gasteiger partial charge < -0.3 is 14.6 Å². The Morgan fingerprint density at radius 2 is 1.76 bits per heavy atom. The van der Waals surface area contributed by atoms with Crippen molar-refractivity contribution >= 4 is 44.5 Å². The van der Waals surface area contributed by atoms with E-state index in [-0.39, 0.29) is 5.57 Å². The zero-order valence-corrected chi connectivity index (χ0v) is 23.9. The second-order valence-electron chi connectivity index (χ2n) is 9.63.